The van der Waals surface area contributed by atoms with Gasteiger partial charge in [0.05, 0.1) is 23.8 Å². The molecule has 2 aromatic carbocycles. The SMILES string of the molecule is CNc1cc(-c2cc(N[C@H]3CCN(C(C)=O)C3)cc3nccnc23)ccc1OC. The van der Waals surface area contributed by atoms with Gasteiger partial charge in [0.1, 0.15) is 5.75 Å². The second-order valence-electron chi connectivity index (χ2n) is 7.21. The lowest BCUT2D eigenvalue weighted by Crippen LogP contribution is -2.29. The number of methoxy groups -OCH3 is 1. The summed E-state index contributed by atoms with van der Waals surface area (Å²) in [7, 11) is 3.53. The van der Waals surface area contributed by atoms with E-state index in [4.69, 9.17) is 4.74 Å². The summed E-state index contributed by atoms with van der Waals surface area (Å²) in [5.41, 5.74) is 5.59. The van der Waals surface area contributed by atoms with Crippen molar-refractivity contribution < 1.29 is 9.53 Å². The second-order valence-corrected chi connectivity index (χ2v) is 7.21. The van der Waals surface area contributed by atoms with E-state index >= 15 is 0 Å². The van der Waals surface area contributed by atoms with Crippen LogP contribution in [0.4, 0.5) is 11.4 Å². The van der Waals surface area contributed by atoms with E-state index < -0.39 is 0 Å². The number of carbonyl (C=O) groups is 1. The maximum atomic E-state index is 11.6. The van der Waals surface area contributed by atoms with Crippen LogP contribution < -0.4 is 15.4 Å². The minimum Gasteiger partial charge on any atom is -0.495 e. The van der Waals surface area contributed by atoms with Gasteiger partial charge >= 0.3 is 0 Å². The summed E-state index contributed by atoms with van der Waals surface area (Å²) in [5, 5.41) is 6.76. The Bertz CT molecular complexity index is 1050. The van der Waals surface area contributed by atoms with Crippen LogP contribution in [0.3, 0.4) is 0 Å². The van der Waals surface area contributed by atoms with Gasteiger partial charge in [-0.25, -0.2) is 0 Å². The molecule has 1 atom stereocenters. The van der Waals surface area contributed by atoms with Crippen molar-refractivity contribution in [1.82, 2.24) is 14.9 Å². The number of amides is 1. The number of ether oxygens (including phenoxy) is 1. The van der Waals surface area contributed by atoms with Crippen molar-refractivity contribution in [1.29, 1.82) is 0 Å². The highest BCUT2D eigenvalue weighted by molar-refractivity contribution is 5.95. The van der Waals surface area contributed by atoms with E-state index in [1.165, 1.54) is 0 Å². The van der Waals surface area contributed by atoms with Crippen LogP contribution in [0.1, 0.15) is 13.3 Å². The maximum Gasteiger partial charge on any atom is 0.219 e. The Hall–Kier alpha value is -3.35. The van der Waals surface area contributed by atoms with Gasteiger partial charge in [-0.3, -0.25) is 14.8 Å². The number of hydrogen-bond acceptors (Lipinski definition) is 6. The highest BCUT2D eigenvalue weighted by Gasteiger charge is 2.24. The third kappa shape index (κ3) is 3.81. The number of nitrogens with one attached hydrogen (secondary N) is 2. The lowest BCUT2D eigenvalue weighted by Gasteiger charge is -2.18. The second kappa shape index (κ2) is 7.95. The number of carbonyl (C=O) groups excluding carboxylic acids is 1. The van der Waals surface area contributed by atoms with Crippen molar-refractivity contribution in [2.75, 3.05) is 37.9 Å². The first kappa shape index (κ1) is 19.0. The molecule has 29 heavy (non-hydrogen) atoms. The van der Waals surface area contributed by atoms with Gasteiger partial charge in [0.15, 0.2) is 0 Å². The maximum absolute atomic E-state index is 11.6. The Morgan fingerprint density at radius 1 is 1.21 bits per heavy atom. The van der Waals surface area contributed by atoms with E-state index in [1.807, 2.05) is 30.1 Å². The molecule has 0 aliphatic carbocycles. The van der Waals surface area contributed by atoms with Crippen molar-refractivity contribution in [2.24, 2.45) is 0 Å². The number of nitrogens with zero attached hydrogens (tertiary/aromatic N) is 3. The van der Waals surface area contributed by atoms with E-state index in [-0.39, 0.29) is 11.9 Å². The van der Waals surface area contributed by atoms with Crippen LogP contribution in [0.25, 0.3) is 22.2 Å². The molecule has 2 N–H and O–H groups in total. The van der Waals surface area contributed by atoms with Crippen LogP contribution in [-0.2, 0) is 4.79 Å². The van der Waals surface area contributed by atoms with Gasteiger partial charge < -0.3 is 20.3 Å². The molecule has 0 saturated carbocycles. The third-order valence-corrected chi connectivity index (χ3v) is 5.36. The molecule has 1 aliphatic rings. The van der Waals surface area contributed by atoms with Gasteiger partial charge in [-0.15, -0.1) is 0 Å². The molecule has 1 fully saturated rings. The van der Waals surface area contributed by atoms with Gasteiger partial charge in [-0.1, -0.05) is 6.07 Å². The first-order valence-electron chi connectivity index (χ1n) is 9.72. The van der Waals surface area contributed by atoms with Crippen LogP contribution in [0, 0.1) is 0 Å². The van der Waals surface area contributed by atoms with Gasteiger partial charge in [0, 0.05) is 56.7 Å². The Balaban J connectivity index is 1.73. The molecule has 1 aromatic heterocycles. The summed E-state index contributed by atoms with van der Waals surface area (Å²) in [5.74, 6) is 0.911. The molecule has 4 rings (SSSR count). The van der Waals surface area contributed by atoms with Crippen molar-refractivity contribution in [2.45, 2.75) is 19.4 Å². The quantitative estimate of drug-likeness (QED) is 0.694. The zero-order chi connectivity index (χ0) is 20.4. The standard InChI is InChI=1S/C22H25N5O2/c1-14(28)27-9-6-16(13-27)26-17-11-18(22-20(12-17)24-7-8-25-22)15-4-5-21(29-3)19(10-15)23-2/h4-5,7-8,10-12,16,23,26H,6,9,13H2,1-3H3/t16-/m0/s1. The zero-order valence-corrected chi connectivity index (χ0v) is 16.9. The Labute approximate surface area is 170 Å². The third-order valence-electron chi connectivity index (χ3n) is 5.36. The average Bonchev–Trinajstić information content (AvgIpc) is 3.21. The first-order valence-corrected chi connectivity index (χ1v) is 9.72. The largest absolute Gasteiger partial charge is 0.495 e. The first-order chi connectivity index (χ1) is 14.1. The molecule has 3 aromatic rings. The van der Waals surface area contributed by atoms with Crippen molar-refractivity contribution in [3.8, 4) is 16.9 Å². The molecule has 1 saturated heterocycles. The molecule has 0 unspecified atom stereocenters. The summed E-state index contributed by atoms with van der Waals surface area (Å²) >= 11 is 0. The number of likely N-dealkylation sites (tertiary alicyclic amines) is 1. The minimum absolute atomic E-state index is 0.122. The molecule has 1 amide bonds. The van der Waals surface area contributed by atoms with Gasteiger partial charge in [-0.05, 0) is 36.2 Å². The van der Waals surface area contributed by atoms with Crippen molar-refractivity contribution in [3.63, 3.8) is 0 Å². The van der Waals surface area contributed by atoms with Crippen LogP contribution >= 0.6 is 0 Å². The lowest BCUT2D eigenvalue weighted by molar-refractivity contribution is -0.127. The topological polar surface area (TPSA) is 79.4 Å². The average molecular weight is 391 g/mol. The molecule has 150 valence electrons. The number of anilines is 2. The van der Waals surface area contributed by atoms with E-state index in [0.29, 0.717) is 0 Å². The predicted molar refractivity (Wildman–Crippen MR) is 115 cm³/mol. The van der Waals surface area contributed by atoms with Crippen molar-refractivity contribution in [3.05, 3.63) is 42.7 Å². The monoisotopic (exact) mass is 391 g/mol. The van der Waals surface area contributed by atoms with Crippen LogP contribution in [0.15, 0.2) is 42.7 Å². The molecular formula is C22H25N5O2. The fourth-order valence-corrected chi connectivity index (χ4v) is 3.85. The van der Waals surface area contributed by atoms with E-state index in [1.54, 1.807) is 26.4 Å². The highest BCUT2D eigenvalue weighted by atomic mass is 16.5. The molecule has 0 spiro atoms. The molecule has 1 aliphatic heterocycles. The number of rotatable bonds is 5. The van der Waals surface area contributed by atoms with E-state index in [2.05, 4.69) is 32.7 Å². The van der Waals surface area contributed by atoms with E-state index in [9.17, 15) is 4.79 Å². The fraction of sp³-hybridized carbons (Fsp3) is 0.318. The van der Waals surface area contributed by atoms with Gasteiger partial charge in [-0.2, -0.15) is 0 Å². The molecule has 0 bridgehead atoms. The number of benzene rings is 2. The Kier molecular flexibility index (Phi) is 5.20. The van der Waals surface area contributed by atoms with Crippen molar-refractivity contribution >= 4 is 28.3 Å². The van der Waals surface area contributed by atoms with Gasteiger partial charge in [0.25, 0.3) is 0 Å². The number of fused-ring (bicyclic) bond motifs is 1. The summed E-state index contributed by atoms with van der Waals surface area (Å²) in [6.45, 7) is 3.13. The summed E-state index contributed by atoms with van der Waals surface area (Å²) in [6, 6.07) is 10.4. The molecule has 0 radical (unpaired) electrons. The zero-order valence-electron chi connectivity index (χ0n) is 16.9. The normalized spacial score (nSPS) is 16.1. The van der Waals surface area contributed by atoms with Crippen LogP contribution in [0.2, 0.25) is 0 Å². The van der Waals surface area contributed by atoms with Crippen LogP contribution in [-0.4, -0.2) is 54.1 Å². The Morgan fingerprint density at radius 2 is 2.03 bits per heavy atom. The predicted octanol–water partition coefficient (Wildman–Crippen LogP) is 3.38. The van der Waals surface area contributed by atoms with E-state index in [0.717, 1.165) is 58.8 Å². The minimum atomic E-state index is 0.122. The smallest absolute Gasteiger partial charge is 0.219 e. The molecular weight excluding hydrogens is 366 g/mol. The summed E-state index contributed by atoms with van der Waals surface area (Å²) in [4.78, 5) is 22.6. The fourth-order valence-electron chi connectivity index (χ4n) is 3.85. The molecule has 7 heteroatoms. The number of aromatic nitrogens is 2. The molecule has 7 nitrogen and oxygen atoms in total. The van der Waals surface area contributed by atoms with Crippen LogP contribution in [0.5, 0.6) is 5.75 Å². The number of hydrogen-bond donors (Lipinski definition) is 2. The lowest BCUT2D eigenvalue weighted by atomic mass is 10.0. The summed E-state index contributed by atoms with van der Waals surface area (Å²) in [6.07, 6.45) is 4.35. The molecule has 2 heterocycles. The summed E-state index contributed by atoms with van der Waals surface area (Å²) < 4.78 is 5.42. The van der Waals surface area contributed by atoms with Gasteiger partial charge in [0.2, 0.25) is 5.91 Å². The highest BCUT2D eigenvalue weighted by Crippen LogP contribution is 2.35. The Morgan fingerprint density at radius 3 is 2.76 bits per heavy atom.